The molecule has 2 rings (SSSR count). The maximum Gasteiger partial charge on any atom is 0.225 e. The second-order valence-corrected chi connectivity index (χ2v) is 5.02. The quantitative estimate of drug-likeness (QED) is 0.644. The Balaban J connectivity index is 1.74. The summed E-state index contributed by atoms with van der Waals surface area (Å²) in [7, 11) is 0. The van der Waals surface area contributed by atoms with Gasteiger partial charge in [-0.25, -0.2) is 0 Å². The van der Waals surface area contributed by atoms with E-state index in [9.17, 15) is 4.79 Å². The fraction of sp³-hybridized carbons (Fsp3) is 0.400. The van der Waals surface area contributed by atoms with Crippen LogP contribution >= 0.6 is 0 Å². The molecule has 0 unspecified atom stereocenters. The molecular weight excluding hydrogens is 238 g/mol. The number of hydrogen-bond acceptors (Lipinski definition) is 3. The van der Waals surface area contributed by atoms with Crippen LogP contribution in [-0.4, -0.2) is 30.4 Å². The van der Waals surface area contributed by atoms with Crippen molar-refractivity contribution >= 4 is 17.3 Å². The Hall–Kier alpha value is -1.81. The van der Waals surface area contributed by atoms with Crippen molar-refractivity contribution in [3.8, 4) is 0 Å². The topological polar surface area (TPSA) is 58.4 Å². The van der Waals surface area contributed by atoms with Gasteiger partial charge in [0.2, 0.25) is 5.91 Å². The van der Waals surface area contributed by atoms with Gasteiger partial charge in [0, 0.05) is 37.4 Å². The summed E-state index contributed by atoms with van der Waals surface area (Å²) in [6.45, 7) is 4.98. The number of carbonyl (C=O) groups is 1. The van der Waals surface area contributed by atoms with Crippen LogP contribution < -0.4 is 11.1 Å². The lowest BCUT2D eigenvalue weighted by Gasteiger charge is -2.24. The molecule has 1 aromatic carbocycles. The molecule has 0 saturated carbocycles. The largest absolute Gasteiger partial charge is 0.399 e. The molecule has 19 heavy (non-hydrogen) atoms. The molecule has 0 saturated heterocycles. The number of nitrogens with one attached hydrogen (secondary N) is 1. The Bertz CT molecular complexity index is 465. The Morgan fingerprint density at radius 2 is 2.11 bits per heavy atom. The first kappa shape index (κ1) is 13.6. The highest BCUT2D eigenvalue weighted by atomic mass is 16.1. The highest BCUT2D eigenvalue weighted by Gasteiger charge is 2.11. The number of carbonyl (C=O) groups excluding carboxylic acids is 1. The molecule has 1 aromatic rings. The van der Waals surface area contributed by atoms with Gasteiger partial charge in [0.25, 0.3) is 0 Å². The van der Waals surface area contributed by atoms with Gasteiger partial charge in [0.1, 0.15) is 0 Å². The number of benzene rings is 1. The lowest BCUT2D eigenvalue weighted by Crippen LogP contribution is -2.31. The van der Waals surface area contributed by atoms with E-state index in [1.807, 2.05) is 12.1 Å². The van der Waals surface area contributed by atoms with Crippen LogP contribution in [0.4, 0.5) is 11.4 Å². The minimum atomic E-state index is 0.0519. The van der Waals surface area contributed by atoms with Crippen molar-refractivity contribution in [3.05, 3.63) is 35.9 Å². The molecule has 102 valence electrons. The molecule has 0 bridgehead atoms. The summed E-state index contributed by atoms with van der Waals surface area (Å²) in [6, 6.07) is 7.21. The number of nitrogens with zero attached hydrogens (tertiary/aromatic N) is 1. The van der Waals surface area contributed by atoms with E-state index in [4.69, 9.17) is 5.73 Å². The lowest BCUT2D eigenvalue weighted by molar-refractivity contribution is -0.116. The van der Waals surface area contributed by atoms with E-state index in [-0.39, 0.29) is 5.91 Å². The van der Waals surface area contributed by atoms with Crippen molar-refractivity contribution in [1.29, 1.82) is 0 Å². The first-order valence-electron chi connectivity index (χ1n) is 6.67. The predicted molar refractivity (Wildman–Crippen MR) is 78.9 cm³/mol. The molecule has 0 radical (unpaired) electrons. The average molecular weight is 259 g/mol. The van der Waals surface area contributed by atoms with Crippen LogP contribution in [0.1, 0.15) is 19.8 Å². The molecule has 0 fully saturated rings. The molecule has 4 heteroatoms. The normalized spacial score (nSPS) is 15.9. The van der Waals surface area contributed by atoms with Gasteiger partial charge in [0.05, 0.1) is 0 Å². The lowest BCUT2D eigenvalue weighted by atomic mass is 10.1. The summed E-state index contributed by atoms with van der Waals surface area (Å²) < 4.78 is 0. The number of rotatable bonds is 4. The third-order valence-corrected chi connectivity index (χ3v) is 3.37. The molecule has 1 amide bonds. The van der Waals surface area contributed by atoms with Crippen molar-refractivity contribution in [2.45, 2.75) is 19.8 Å². The number of anilines is 2. The molecular formula is C15H21N3O. The Morgan fingerprint density at radius 3 is 2.74 bits per heavy atom. The number of hydrogen-bond donors (Lipinski definition) is 2. The molecule has 1 heterocycles. The van der Waals surface area contributed by atoms with Crippen molar-refractivity contribution in [1.82, 2.24) is 4.90 Å². The van der Waals surface area contributed by atoms with E-state index >= 15 is 0 Å². The predicted octanol–water partition coefficient (Wildman–Crippen LogP) is 2.25. The van der Waals surface area contributed by atoms with Gasteiger partial charge < -0.3 is 11.1 Å². The highest BCUT2D eigenvalue weighted by molar-refractivity contribution is 5.90. The number of nitrogens with two attached hydrogens (primary N) is 1. The fourth-order valence-electron chi connectivity index (χ4n) is 2.07. The standard InChI is InChI=1S/C15H21N3O/c1-12-6-9-18(10-7-12)11-8-15(19)17-14-4-2-13(16)3-5-14/h2-6H,7-11,16H2,1H3,(H,17,19). The third kappa shape index (κ3) is 4.41. The van der Waals surface area contributed by atoms with E-state index in [1.165, 1.54) is 5.57 Å². The van der Waals surface area contributed by atoms with Crippen LogP contribution in [0.5, 0.6) is 0 Å². The van der Waals surface area contributed by atoms with E-state index in [2.05, 4.69) is 23.2 Å². The fourth-order valence-corrected chi connectivity index (χ4v) is 2.07. The van der Waals surface area contributed by atoms with Crippen molar-refractivity contribution < 1.29 is 4.79 Å². The van der Waals surface area contributed by atoms with E-state index in [0.717, 1.165) is 31.7 Å². The van der Waals surface area contributed by atoms with Crippen LogP contribution in [0.3, 0.4) is 0 Å². The highest BCUT2D eigenvalue weighted by Crippen LogP contribution is 2.12. The Labute approximate surface area is 114 Å². The molecule has 1 aliphatic rings. The minimum Gasteiger partial charge on any atom is -0.399 e. The van der Waals surface area contributed by atoms with Crippen LogP contribution in [0.25, 0.3) is 0 Å². The van der Waals surface area contributed by atoms with Crippen LogP contribution in [-0.2, 0) is 4.79 Å². The maximum atomic E-state index is 11.8. The van der Waals surface area contributed by atoms with Crippen LogP contribution in [0.15, 0.2) is 35.9 Å². The molecule has 3 N–H and O–H groups in total. The molecule has 0 aliphatic carbocycles. The van der Waals surface area contributed by atoms with Gasteiger partial charge in [-0.15, -0.1) is 0 Å². The van der Waals surface area contributed by atoms with Gasteiger partial charge in [-0.2, -0.15) is 0 Å². The monoisotopic (exact) mass is 259 g/mol. The van der Waals surface area contributed by atoms with Crippen molar-refractivity contribution in [2.24, 2.45) is 0 Å². The summed E-state index contributed by atoms with van der Waals surface area (Å²) >= 11 is 0. The third-order valence-electron chi connectivity index (χ3n) is 3.37. The summed E-state index contributed by atoms with van der Waals surface area (Å²) in [5, 5.41) is 2.88. The summed E-state index contributed by atoms with van der Waals surface area (Å²) in [4.78, 5) is 14.1. The van der Waals surface area contributed by atoms with Gasteiger partial charge in [0.15, 0.2) is 0 Å². The first-order valence-corrected chi connectivity index (χ1v) is 6.67. The minimum absolute atomic E-state index is 0.0519. The zero-order valence-electron chi connectivity index (χ0n) is 11.4. The zero-order valence-corrected chi connectivity index (χ0v) is 11.4. The van der Waals surface area contributed by atoms with Crippen molar-refractivity contribution in [2.75, 3.05) is 30.7 Å². The average Bonchev–Trinajstić information content (AvgIpc) is 2.41. The number of amides is 1. The van der Waals surface area contributed by atoms with Gasteiger partial charge in [-0.3, -0.25) is 9.69 Å². The van der Waals surface area contributed by atoms with Crippen molar-refractivity contribution in [3.63, 3.8) is 0 Å². The second kappa shape index (κ2) is 6.38. The van der Waals surface area contributed by atoms with Crippen LogP contribution in [0, 0.1) is 0 Å². The van der Waals surface area contributed by atoms with E-state index in [0.29, 0.717) is 12.1 Å². The molecule has 4 nitrogen and oxygen atoms in total. The van der Waals surface area contributed by atoms with Gasteiger partial charge in [-0.05, 0) is 37.6 Å². The molecule has 1 aliphatic heterocycles. The maximum absolute atomic E-state index is 11.8. The SMILES string of the molecule is CC1=CCN(CCC(=O)Nc2ccc(N)cc2)CC1. The first-order chi connectivity index (χ1) is 9.13. The number of nitrogen functional groups attached to an aromatic ring is 1. The Kier molecular flexibility index (Phi) is 4.58. The van der Waals surface area contributed by atoms with E-state index in [1.54, 1.807) is 12.1 Å². The Morgan fingerprint density at radius 1 is 1.37 bits per heavy atom. The van der Waals surface area contributed by atoms with Gasteiger partial charge >= 0.3 is 0 Å². The second-order valence-electron chi connectivity index (χ2n) is 5.02. The van der Waals surface area contributed by atoms with Gasteiger partial charge in [-0.1, -0.05) is 11.6 Å². The summed E-state index contributed by atoms with van der Waals surface area (Å²) in [5.74, 6) is 0.0519. The molecule has 0 aromatic heterocycles. The summed E-state index contributed by atoms with van der Waals surface area (Å²) in [5.41, 5.74) is 8.55. The molecule has 0 atom stereocenters. The summed E-state index contributed by atoms with van der Waals surface area (Å²) in [6.07, 6.45) is 3.87. The smallest absolute Gasteiger partial charge is 0.225 e. The zero-order chi connectivity index (χ0) is 13.7. The van der Waals surface area contributed by atoms with Crippen LogP contribution in [0.2, 0.25) is 0 Å². The van der Waals surface area contributed by atoms with E-state index < -0.39 is 0 Å². The molecule has 0 spiro atoms.